The SMILES string of the molecule is CCC(C)(C)C(=O)OCCNC(=O)CC1OCC(OC2OCC(OC3OCC(C)C(C)C3OC(C)=O)C(C)C2OC(C)=O)C(C)C1OC(C)=O.CCC(C)C(=O)OC.CCC(C)c1ccccc1. The van der Waals surface area contributed by atoms with Crippen LogP contribution in [0, 0.1) is 35.0 Å². The summed E-state index contributed by atoms with van der Waals surface area (Å²) in [5.41, 5.74) is 0.836. The highest BCUT2D eigenvalue weighted by Crippen LogP contribution is 2.36. The lowest BCUT2D eigenvalue weighted by atomic mass is 9.88. The van der Waals surface area contributed by atoms with Crippen molar-refractivity contribution >= 4 is 35.8 Å². The van der Waals surface area contributed by atoms with Crippen LogP contribution in [0.2, 0.25) is 0 Å². The normalized spacial score (nSPS) is 28.9. The van der Waals surface area contributed by atoms with Gasteiger partial charge in [0.15, 0.2) is 24.8 Å². The molecule has 0 aromatic heterocycles. The molecule has 14 unspecified atom stereocenters. The Labute approximate surface area is 405 Å². The fourth-order valence-electron chi connectivity index (χ4n) is 7.45. The van der Waals surface area contributed by atoms with Gasteiger partial charge >= 0.3 is 29.8 Å². The van der Waals surface area contributed by atoms with E-state index in [1.165, 1.54) is 39.9 Å². The number of carbonyl (C=O) groups excluding carboxylic acids is 6. The number of rotatable bonds is 18. The van der Waals surface area contributed by atoms with Crippen molar-refractivity contribution in [3.8, 4) is 0 Å². The van der Waals surface area contributed by atoms with Crippen LogP contribution in [0.15, 0.2) is 30.3 Å². The average molecular weight is 966 g/mol. The summed E-state index contributed by atoms with van der Waals surface area (Å²) in [7, 11) is 1.41. The Hall–Kier alpha value is -4.16. The molecule has 14 atom stereocenters. The lowest BCUT2D eigenvalue weighted by Gasteiger charge is -2.46. The van der Waals surface area contributed by atoms with Gasteiger partial charge in [-0.05, 0) is 50.5 Å². The van der Waals surface area contributed by atoms with Crippen LogP contribution in [0.25, 0.3) is 0 Å². The molecule has 1 amide bonds. The minimum Gasteiger partial charge on any atom is -0.469 e. The highest BCUT2D eigenvalue weighted by Gasteiger charge is 2.49. The predicted molar refractivity (Wildman–Crippen MR) is 252 cm³/mol. The summed E-state index contributed by atoms with van der Waals surface area (Å²) in [4.78, 5) is 71.7. The number of amides is 1. The quantitative estimate of drug-likeness (QED) is 0.0885. The van der Waals surface area contributed by atoms with Gasteiger partial charge in [0, 0.05) is 38.5 Å². The van der Waals surface area contributed by atoms with Gasteiger partial charge in [-0.1, -0.05) is 92.6 Å². The topological polar surface area (TPSA) is 207 Å². The maximum atomic E-state index is 12.8. The summed E-state index contributed by atoms with van der Waals surface area (Å²) < 4.78 is 57.3. The van der Waals surface area contributed by atoms with Gasteiger partial charge in [-0.3, -0.25) is 28.8 Å². The van der Waals surface area contributed by atoms with Gasteiger partial charge in [0.1, 0.15) is 18.8 Å². The summed E-state index contributed by atoms with van der Waals surface area (Å²) in [5.74, 6) is -2.36. The number of hydrogen-bond acceptors (Lipinski definition) is 16. The molecule has 3 heterocycles. The standard InChI is InChI=1S/C35H57NO14.C10H14.C6H12O2/c1-11-35(9,10)34(41)42-13-12-36-28(40)14-25-29(46-22(6)37)20(4)26(16-43-25)49-33-31(48-24(8)39)21(5)27(17-45-33)50-32-30(47-23(7)38)19(3)18(2)15-44-32;1-3-9(2)10-7-5-4-6-8-10;1-4-5(2)6(7)8-3/h18-21,25-27,29-33H,11-17H2,1-10H3,(H,36,40);4-9H,3H2,1-2H3;5H,4H2,1-3H3. The molecule has 68 heavy (non-hydrogen) atoms. The van der Waals surface area contributed by atoms with Crippen molar-refractivity contribution < 1.29 is 76.1 Å². The van der Waals surface area contributed by atoms with Gasteiger partial charge in [-0.2, -0.15) is 0 Å². The lowest BCUT2D eigenvalue weighted by molar-refractivity contribution is -0.326. The number of carbonyl (C=O) groups is 6. The van der Waals surface area contributed by atoms with E-state index >= 15 is 0 Å². The molecule has 0 radical (unpaired) electrons. The molecule has 3 aliphatic rings. The molecule has 0 spiro atoms. The highest BCUT2D eigenvalue weighted by atomic mass is 16.7. The number of methoxy groups -OCH3 is 1. The first kappa shape index (κ1) is 60.0. The largest absolute Gasteiger partial charge is 0.469 e. The van der Waals surface area contributed by atoms with Crippen molar-refractivity contribution in [3.63, 3.8) is 0 Å². The number of hydrogen-bond donors (Lipinski definition) is 1. The highest BCUT2D eigenvalue weighted by molar-refractivity contribution is 5.77. The van der Waals surface area contributed by atoms with E-state index in [-0.39, 0.29) is 68.4 Å². The van der Waals surface area contributed by atoms with E-state index in [0.29, 0.717) is 18.9 Å². The molecule has 17 nitrogen and oxygen atoms in total. The Morgan fingerprint density at radius 1 is 0.706 bits per heavy atom. The molecule has 388 valence electrons. The van der Waals surface area contributed by atoms with Crippen LogP contribution in [-0.2, 0) is 76.1 Å². The Bertz CT molecular complexity index is 1710. The fraction of sp³-hybridized carbons (Fsp3) is 0.765. The van der Waals surface area contributed by atoms with Crippen molar-refractivity contribution in [2.45, 2.75) is 178 Å². The third kappa shape index (κ3) is 19.3. The maximum absolute atomic E-state index is 12.8. The Kier molecular flexibility index (Phi) is 26.3. The third-order valence-electron chi connectivity index (χ3n) is 13.2. The van der Waals surface area contributed by atoms with Crippen molar-refractivity contribution in [2.75, 3.05) is 40.1 Å². The van der Waals surface area contributed by atoms with E-state index in [1.54, 1.807) is 13.8 Å². The van der Waals surface area contributed by atoms with Crippen LogP contribution in [-0.4, -0.2) is 125 Å². The molecule has 0 aliphatic carbocycles. The Morgan fingerprint density at radius 3 is 1.69 bits per heavy atom. The fourth-order valence-corrected chi connectivity index (χ4v) is 7.45. The lowest BCUT2D eigenvalue weighted by Crippen LogP contribution is -2.58. The van der Waals surface area contributed by atoms with Crippen molar-refractivity contribution in [2.24, 2.45) is 35.0 Å². The van der Waals surface area contributed by atoms with Gasteiger partial charge in [-0.15, -0.1) is 0 Å². The molecular formula is C51H83NO16. The van der Waals surface area contributed by atoms with Gasteiger partial charge in [-0.25, -0.2) is 0 Å². The Balaban J connectivity index is 0.000000731. The molecule has 1 aromatic rings. The van der Waals surface area contributed by atoms with E-state index in [0.717, 1.165) is 6.42 Å². The first-order valence-electron chi connectivity index (χ1n) is 24.2. The minimum absolute atomic E-state index is 0.0199. The molecule has 0 bridgehead atoms. The monoisotopic (exact) mass is 966 g/mol. The Morgan fingerprint density at radius 2 is 1.21 bits per heavy atom. The van der Waals surface area contributed by atoms with Crippen molar-refractivity contribution in [1.82, 2.24) is 5.32 Å². The van der Waals surface area contributed by atoms with Gasteiger partial charge in [0.25, 0.3) is 0 Å². The zero-order chi connectivity index (χ0) is 51.3. The first-order valence-corrected chi connectivity index (χ1v) is 24.2. The van der Waals surface area contributed by atoms with Crippen molar-refractivity contribution in [1.29, 1.82) is 0 Å². The molecule has 4 rings (SSSR count). The van der Waals surface area contributed by atoms with Crippen LogP contribution in [0.3, 0.4) is 0 Å². The summed E-state index contributed by atoms with van der Waals surface area (Å²) in [6.45, 7) is 26.0. The van der Waals surface area contributed by atoms with Crippen molar-refractivity contribution in [3.05, 3.63) is 35.9 Å². The number of esters is 5. The predicted octanol–water partition coefficient (Wildman–Crippen LogP) is 7.10. The second kappa shape index (κ2) is 29.8. The third-order valence-corrected chi connectivity index (χ3v) is 13.2. The first-order chi connectivity index (χ1) is 32.0. The smallest absolute Gasteiger partial charge is 0.311 e. The van der Waals surface area contributed by atoms with Crippen LogP contribution in [0.5, 0.6) is 0 Å². The molecule has 3 aliphatic heterocycles. The van der Waals surface area contributed by atoms with Crippen LogP contribution >= 0.6 is 0 Å². The van der Waals surface area contributed by atoms with Gasteiger partial charge < -0.3 is 52.7 Å². The van der Waals surface area contributed by atoms with E-state index < -0.39 is 84.4 Å². The summed E-state index contributed by atoms with van der Waals surface area (Å²) >= 11 is 0. The molecular weight excluding hydrogens is 883 g/mol. The number of benzene rings is 1. The zero-order valence-corrected chi connectivity index (χ0v) is 43.4. The summed E-state index contributed by atoms with van der Waals surface area (Å²) in [6, 6.07) is 10.6. The van der Waals surface area contributed by atoms with E-state index in [2.05, 4.69) is 54.2 Å². The van der Waals surface area contributed by atoms with Crippen LogP contribution in [0.1, 0.15) is 134 Å². The second-order valence-electron chi connectivity index (χ2n) is 18.9. The number of ether oxygens (including phenoxy) is 10. The number of nitrogens with one attached hydrogen (secondary N) is 1. The maximum Gasteiger partial charge on any atom is 0.311 e. The minimum atomic E-state index is -1.02. The zero-order valence-electron chi connectivity index (χ0n) is 43.4. The molecule has 0 saturated carbocycles. The van der Waals surface area contributed by atoms with Gasteiger partial charge in [0.05, 0.1) is 63.4 Å². The van der Waals surface area contributed by atoms with Gasteiger partial charge in [0.2, 0.25) is 5.91 Å². The molecule has 1 aromatic carbocycles. The van der Waals surface area contributed by atoms with Crippen LogP contribution in [0.4, 0.5) is 0 Å². The second-order valence-corrected chi connectivity index (χ2v) is 18.9. The van der Waals surface area contributed by atoms with E-state index in [9.17, 15) is 28.8 Å². The molecule has 1 N–H and O–H groups in total. The average Bonchev–Trinajstić information content (AvgIpc) is 3.30. The van der Waals surface area contributed by atoms with E-state index in [4.69, 9.17) is 42.6 Å². The van der Waals surface area contributed by atoms with Crippen LogP contribution < -0.4 is 5.32 Å². The summed E-state index contributed by atoms with van der Waals surface area (Å²) in [5, 5.41) is 2.72. The molecule has 17 heteroatoms. The summed E-state index contributed by atoms with van der Waals surface area (Å²) in [6.07, 6.45) is -3.65. The van der Waals surface area contributed by atoms with E-state index in [1.807, 2.05) is 48.5 Å². The molecule has 3 saturated heterocycles. The molecule has 3 fully saturated rings.